The topological polar surface area (TPSA) is 65.0 Å². The molecule has 2 aromatic carbocycles. The van der Waals surface area contributed by atoms with E-state index >= 15 is 0 Å². The highest BCUT2D eigenvalue weighted by Crippen LogP contribution is 2.30. The maximum Gasteiger partial charge on any atom is 0.322 e. The largest absolute Gasteiger partial charge is 0.394 e. The number of carbonyl (C=O) groups excluding carboxylic acids is 1. The monoisotopic (exact) mass is 381 g/mol. The number of aliphatic hydroxyl groups is 1. The Morgan fingerprint density at radius 2 is 1.96 bits per heavy atom. The number of hydrogen-bond acceptors (Lipinski definition) is 4. The van der Waals surface area contributed by atoms with Gasteiger partial charge in [0, 0.05) is 31.0 Å². The number of amides is 2. The van der Waals surface area contributed by atoms with E-state index in [0.29, 0.717) is 6.54 Å². The highest BCUT2D eigenvalue weighted by Gasteiger charge is 2.30. The second-order valence-electron chi connectivity index (χ2n) is 7.37. The Labute approximate surface area is 165 Å². The fourth-order valence-corrected chi connectivity index (χ4v) is 4.08. The van der Waals surface area contributed by atoms with Gasteiger partial charge in [0.1, 0.15) is 0 Å². The summed E-state index contributed by atoms with van der Waals surface area (Å²) in [5.74, 6) is 0. The van der Waals surface area contributed by atoms with E-state index in [-0.39, 0.29) is 18.7 Å². The molecule has 28 heavy (non-hydrogen) atoms. The van der Waals surface area contributed by atoms with Crippen LogP contribution in [0.25, 0.3) is 0 Å². The molecule has 148 valence electrons. The van der Waals surface area contributed by atoms with Gasteiger partial charge in [-0.3, -0.25) is 0 Å². The quantitative estimate of drug-likeness (QED) is 0.858. The molecule has 2 aromatic rings. The summed E-state index contributed by atoms with van der Waals surface area (Å²) in [7, 11) is 0. The van der Waals surface area contributed by atoms with Crippen LogP contribution in [0, 0.1) is 6.92 Å². The molecule has 0 saturated carbocycles. The number of hydrogen-bond donors (Lipinski definition) is 2. The van der Waals surface area contributed by atoms with Crippen molar-refractivity contribution in [3.05, 3.63) is 59.2 Å². The Kier molecular flexibility index (Phi) is 5.50. The summed E-state index contributed by atoms with van der Waals surface area (Å²) in [4.78, 5) is 17.0. The van der Waals surface area contributed by atoms with Gasteiger partial charge in [-0.15, -0.1) is 0 Å². The third kappa shape index (κ3) is 3.70. The first kappa shape index (κ1) is 18.8. The SMILES string of the molecule is Cc1cc(N2CCOCC2)ccc1NC(=O)N1CCc2ccccc2[C@H]1CO. The first-order chi connectivity index (χ1) is 13.7. The predicted molar refractivity (Wildman–Crippen MR) is 110 cm³/mol. The normalized spacial score (nSPS) is 19.3. The predicted octanol–water partition coefficient (Wildman–Crippen LogP) is 2.96. The van der Waals surface area contributed by atoms with E-state index in [9.17, 15) is 9.90 Å². The van der Waals surface area contributed by atoms with E-state index in [2.05, 4.69) is 22.3 Å². The number of carbonyl (C=O) groups is 1. The van der Waals surface area contributed by atoms with Crippen molar-refractivity contribution in [2.24, 2.45) is 0 Å². The number of fused-ring (bicyclic) bond motifs is 1. The lowest BCUT2D eigenvalue weighted by Gasteiger charge is -2.36. The van der Waals surface area contributed by atoms with Gasteiger partial charge < -0.3 is 25.0 Å². The van der Waals surface area contributed by atoms with Gasteiger partial charge in [-0.2, -0.15) is 0 Å². The Hall–Kier alpha value is -2.57. The van der Waals surface area contributed by atoms with Crippen LogP contribution in [-0.4, -0.2) is 55.5 Å². The molecule has 1 saturated heterocycles. The molecule has 0 spiro atoms. The molecule has 1 fully saturated rings. The van der Waals surface area contributed by atoms with Crippen LogP contribution in [0.3, 0.4) is 0 Å². The third-order valence-corrected chi connectivity index (χ3v) is 5.67. The van der Waals surface area contributed by atoms with Crippen LogP contribution in [0.15, 0.2) is 42.5 Å². The van der Waals surface area contributed by atoms with Gasteiger partial charge in [-0.1, -0.05) is 24.3 Å². The van der Waals surface area contributed by atoms with E-state index in [4.69, 9.17) is 4.74 Å². The molecule has 2 heterocycles. The number of aliphatic hydroxyl groups excluding tert-OH is 1. The number of aryl methyl sites for hydroxylation is 1. The van der Waals surface area contributed by atoms with Crippen molar-refractivity contribution in [3.63, 3.8) is 0 Å². The molecule has 6 heteroatoms. The summed E-state index contributed by atoms with van der Waals surface area (Å²) < 4.78 is 5.42. The van der Waals surface area contributed by atoms with Gasteiger partial charge in [-0.25, -0.2) is 4.79 Å². The minimum Gasteiger partial charge on any atom is -0.394 e. The van der Waals surface area contributed by atoms with Crippen molar-refractivity contribution in [3.8, 4) is 0 Å². The van der Waals surface area contributed by atoms with Gasteiger partial charge in [-0.05, 0) is 48.2 Å². The number of anilines is 2. The molecule has 2 aliphatic heterocycles. The summed E-state index contributed by atoms with van der Waals surface area (Å²) in [6.07, 6.45) is 0.801. The zero-order valence-corrected chi connectivity index (χ0v) is 16.2. The van der Waals surface area contributed by atoms with Crippen molar-refractivity contribution in [1.29, 1.82) is 0 Å². The second kappa shape index (κ2) is 8.20. The number of ether oxygens (including phenoxy) is 1. The van der Waals surface area contributed by atoms with Crippen molar-refractivity contribution in [2.75, 3.05) is 49.7 Å². The molecule has 0 aliphatic carbocycles. The molecule has 0 unspecified atom stereocenters. The molecule has 0 bridgehead atoms. The van der Waals surface area contributed by atoms with Gasteiger partial charge >= 0.3 is 6.03 Å². The van der Waals surface area contributed by atoms with E-state index in [1.165, 1.54) is 5.56 Å². The average Bonchev–Trinajstić information content (AvgIpc) is 2.74. The standard InChI is InChI=1S/C22H27N3O3/c1-16-14-18(24-10-12-28-13-11-24)6-7-20(16)23-22(27)25-9-8-17-4-2-3-5-19(17)21(25)15-26/h2-7,14,21,26H,8-13,15H2,1H3,(H,23,27)/t21-/m1/s1. The minimum absolute atomic E-state index is 0.0839. The van der Waals surface area contributed by atoms with E-state index < -0.39 is 0 Å². The van der Waals surface area contributed by atoms with Crippen LogP contribution in [0.5, 0.6) is 0 Å². The number of nitrogens with one attached hydrogen (secondary N) is 1. The summed E-state index contributed by atoms with van der Waals surface area (Å²) in [5.41, 5.74) is 5.22. The van der Waals surface area contributed by atoms with Gasteiger partial charge in [0.05, 0.1) is 25.9 Å². The number of benzene rings is 2. The first-order valence-corrected chi connectivity index (χ1v) is 9.87. The number of urea groups is 1. The van der Waals surface area contributed by atoms with Crippen molar-refractivity contribution < 1.29 is 14.6 Å². The van der Waals surface area contributed by atoms with Crippen LogP contribution >= 0.6 is 0 Å². The fourth-order valence-electron chi connectivity index (χ4n) is 4.08. The second-order valence-corrected chi connectivity index (χ2v) is 7.37. The van der Waals surface area contributed by atoms with Gasteiger partial charge in [0.2, 0.25) is 0 Å². The molecular weight excluding hydrogens is 354 g/mol. The lowest BCUT2D eigenvalue weighted by atomic mass is 9.93. The number of nitrogens with zero attached hydrogens (tertiary/aromatic N) is 2. The average molecular weight is 381 g/mol. The summed E-state index contributed by atoms with van der Waals surface area (Å²) >= 11 is 0. The summed E-state index contributed by atoms with van der Waals surface area (Å²) in [6, 6.07) is 13.7. The lowest BCUT2D eigenvalue weighted by Crippen LogP contribution is -2.44. The molecular formula is C22H27N3O3. The van der Waals surface area contributed by atoms with E-state index in [1.54, 1.807) is 4.90 Å². The van der Waals surface area contributed by atoms with Crippen LogP contribution in [-0.2, 0) is 11.2 Å². The molecule has 2 N–H and O–H groups in total. The minimum atomic E-state index is -0.308. The van der Waals surface area contributed by atoms with Gasteiger partial charge in [0.25, 0.3) is 0 Å². The molecule has 2 amide bonds. The summed E-state index contributed by atoms with van der Waals surface area (Å²) in [5, 5.41) is 13.0. The molecule has 0 radical (unpaired) electrons. The maximum absolute atomic E-state index is 13.0. The van der Waals surface area contributed by atoms with Crippen molar-refractivity contribution in [2.45, 2.75) is 19.4 Å². The smallest absolute Gasteiger partial charge is 0.322 e. The molecule has 0 aromatic heterocycles. The fraction of sp³-hybridized carbons (Fsp3) is 0.409. The number of morpholine rings is 1. The zero-order valence-electron chi connectivity index (χ0n) is 16.2. The molecule has 4 rings (SSSR count). The lowest BCUT2D eigenvalue weighted by molar-refractivity contribution is 0.122. The maximum atomic E-state index is 13.0. The Morgan fingerprint density at radius 3 is 2.71 bits per heavy atom. The Morgan fingerprint density at radius 1 is 1.18 bits per heavy atom. The highest BCUT2D eigenvalue weighted by atomic mass is 16.5. The van der Waals surface area contributed by atoms with Crippen LogP contribution in [0.4, 0.5) is 16.2 Å². The first-order valence-electron chi connectivity index (χ1n) is 9.87. The van der Waals surface area contributed by atoms with Crippen molar-refractivity contribution in [1.82, 2.24) is 4.90 Å². The molecule has 2 aliphatic rings. The highest BCUT2D eigenvalue weighted by molar-refractivity contribution is 5.91. The van der Waals surface area contributed by atoms with Crippen LogP contribution < -0.4 is 10.2 Å². The molecule has 1 atom stereocenters. The Balaban J connectivity index is 1.49. The molecule has 6 nitrogen and oxygen atoms in total. The van der Waals surface area contributed by atoms with E-state index in [1.807, 2.05) is 37.3 Å². The van der Waals surface area contributed by atoms with E-state index in [0.717, 1.165) is 55.2 Å². The van der Waals surface area contributed by atoms with Crippen molar-refractivity contribution >= 4 is 17.4 Å². The summed E-state index contributed by atoms with van der Waals surface area (Å²) in [6.45, 7) is 5.78. The third-order valence-electron chi connectivity index (χ3n) is 5.67. The van der Waals surface area contributed by atoms with Crippen LogP contribution in [0.2, 0.25) is 0 Å². The van der Waals surface area contributed by atoms with Crippen LogP contribution in [0.1, 0.15) is 22.7 Å². The number of rotatable bonds is 3. The van der Waals surface area contributed by atoms with Gasteiger partial charge in [0.15, 0.2) is 0 Å². The zero-order chi connectivity index (χ0) is 19.5. The Bertz CT molecular complexity index is 849.